The zero-order valence-corrected chi connectivity index (χ0v) is 8.52. The highest BCUT2D eigenvalue weighted by molar-refractivity contribution is 7.89. The highest BCUT2D eigenvalue weighted by Gasteiger charge is 2.06. The summed E-state index contributed by atoms with van der Waals surface area (Å²) in [6.07, 6.45) is 0.735. The minimum atomic E-state index is -3.36. The zero-order chi connectivity index (χ0) is 10.2. The minimum Gasteiger partial charge on any atom is -0.317 e. The molecule has 0 rings (SSSR count). The lowest BCUT2D eigenvalue weighted by Crippen LogP contribution is -2.28. The molecule has 6 heteroatoms. The van der Waals surface area contributed by atoms with Gasteiger partial charge in [-0.2, -0.15) is 5.26 Å². The largest absolute Gasteiger partial charge is 0.317 e. The topological polar surface area (TPSA) is 82.0 Å². The van der Waals surface area contributed by atoms with Gasteiger partial charge in [-0.1, -0.05) is 6.92 Å². The fourth-order valence-corrected chi connectivity index (χ4v) is 1.48. The van der Waals surface area contributed by atoms with Gasteiger partial charge in [-0.15, -0.1) is 0 Å². The molecule has 2 N–H and O–H groups in total. The maximum Gasteiger partial charge on any atom is 0.225 e. The van der Waals surface area contributed by atoms with Gasteiger partial charge in [-0.05, 0) is 19.5 Å². The average Bonchev–Trinajstić information content (AvgIpc) is 2.04. The van der Waals surface area contributed by atoms with Gasteiger partial charge in [0.25, 0.3) is 0 Å². The van der Waals surface area contributed by atoms with E-state index in [-0.39, 0.29) is 0 Å². The van der Waals surface area contributed by atoms with Crippen LogP contribution in [-0.4, -0.2) is 33.8 Å². The average molecular weight is 205 g/mol. The van der Waals surface area contributed by atoms with E-state index in [0.717, 1.165) is 19.5 Å². The van der Waals surface area contributed by atoms with E-state index in [2.05, 4.69) is 10.0 Å². The molecule has 76 valence electrons. The van der Waals surface area contributed by atoms with Crippen molar-refractivity contribution in [2.45, 2.75) is 13.3 Å². The van der Waals surface area contributed by atoms with E-state index in [0.29, 0.717) is 6.54 Å². The normalized spacial score (nSPS) is 11.1. The van der Waals surface area contributed by atoms with Gasteiger partial charge in [-0.3, -0.25) is 0 Å². The third-order valence-corrected chi connectivity index (χ3v) is 2.51. The Morgan fingerprint density at radius 1 is 1.38 bits per heavy atom. The molecule has 0 aromatic heterocycles. The van der Waals surface area contributed by atoms with Crippen LogP contribution in [0.5, 0.6) is 0 Å². The Labute approximate surface area is 79.2 Å². The number of hydrogen-bond acceptors (Lipinski definition) is 4. The van der Waals surface area contributed by atoms with Crippen molar-refractivity contribution < 1.29 is 8.42 Å². The Morgan fingerprint density at radius 3 is 2.62 bits per heavy atom. The van der Waals surface area contributed by atoms with Crippen molar-refractivity contribution in [3.8, 4) is 6.07 Å². The highest BCUT2D eigenvalue weighted by Crippen LogP contribution is 1.83. The summed E-state index contributed by atoms with van der Waals surface area (Å²) in [5.41, 5.74) is 0. The monoisotopic (exact) mass is 205 g/mol. The van der Waals surface area contributed by atoms with Crippen molar-refractivity contribution in [1.82, 2.24) is 10.0 Å². The third-order valence-electron chi connectivity index (χ3n) is 1.36. The van der Waals surface area contributed by atoms with Crippen LogP contribution in [0.15, 0.2) is 0 Å². The van der Waals surface area contributed by atoms with Crippen molar-refractivity contribution in [2.24, 2.45) is 0 Å². The summed E-state index contributed by atoms with van der Waals surface area (Å²) in [5, 5.41) is 11.2. The van der Waals surface area contributed by atoms with Crippen LogP contribution < -0.4 is 10.0 Å². The summed E-state index contributed by atoms with van der Waals surface area (Å²) >= 11 is 0. The first kappa shape index (κ1) is 12.4. The van der Waals surface area contributed by atoms with E-state index in [1.54, 1.807) is 6.07 Å². The number of nitriles is 1. The molecule has 0 aliphatic carbocycles. The Hall–Kier alpha value is -0.640. The number of hydrogen-bond donors (Lipinski definition) is 2. The molecule has 0 radical (unpaired) electrons. The van der Waals surface area contributed by atoms with Crippen molar-refractivity contribution in [2.75, 3.05) is 25.4 Å². The second kappa shape index (κ2) is 6.83. The molecule has 0 spiro atoms. The maximum atomic E-state index is 10.9. The summed E-state index contributed by atoms with van der Waals surface area (Å²) in [5.74, 6) is -0.464. The van der Waals surface area contributed by atoms with Crippen molar-refractivity contribution in [1.29, 1.82) is 5.26 Å². The molecule has 0 aliphatic rings. The van der Waals surface area contributed by atoms with E-state index in [1.807, 2.05) is 6.92 Å². The summed E-state index contributed by atoms with van der Waals surface area (Å²) < 4.78 is 24.1. The molecule has 0 bridgehead atoms. The van der Waals surface area contributed by atoms with Crippen LogP contribution in [0, 0.1) is 11.3 Å². The molecule has 0 aromatic carbocycles. The Bertz CT molecular complexity index is 255. The molecular formula is C7H15N3O2S. The van der Waals surface area contributed by atoms with Crippen LogP contribution >= 0.6 is 0 Å². The molecule has 0 atom stereocenters. The number of nitrogens with one attached hydrogen (secondary N) is 2. The van der Waals surface area contributed by atoms with Gasteiger partial charge in [0.15, 0.2) is 5.75 Å². The lowest BCUT2D eigenvalue weighted by molar-refractivity contribution is 0.578. The standard InChI is InChI=1S/C7H15N3O2S/c1-2-9-5-3-6-10-13(11,12)7-4-8/h9-10H,2-3,5-7H2,1H3. The molecule has 0 saturated heterocycles. The van der Waals surface area contributed by atoms with Crippen LogP contribution in [0.4, 0.5) is 0 Å². The van der Waals surface area contributed by atoms with E-state index in [4.69, 9.17) is 5.26 Å². The van der Waals surface area contributed by atoms with Gasteiger partial charge in [0.05, 0.1) is 6.07 Å². The molecule has 0 unspecified atom stereocenters. The van der Waals surface area contributed by atoms with Crippen LogP contribution in [0.3, 0.4) is 0 Å². The van der Waals surface area contributed by atoms with Crippen molar-refractivity contribution in [3.05, 3.63) is 0 Å². The second-order valence-electron chi connectivity index (χ2n) is 2.52. The van der Waals surface area contributed by atoms with Crippen LogP contribution in [0.2, 0.25) is 0 Å². The van der Waals surface area contributed by atoms with Gasteiger partial charge in [-0.25, -0.2) is 13.1 Å². The van der Waals surface area contributed by atoms with Crippen LogP contribution in [-0.2, 0) is 10.0 Å². The highest BCUT2D eigenvalue weighted by atomic mass is 32.2. The SMILES string of the molecule is CCNCCCNS(=O)(=O)CC#N. The molecular weight excluding hydrogens is 190 g/mol. The molecule has 5 nitrogen and oxygen atoms in total. The zero-order valence-electron chi connectivity index (χ0n) is 7.71. The molecule has 0 aliphatic heterocycles. The molecule has 0 fully saturated rings. The minimum absolute atomic E-state index is 0.386. The second-order valence-corrected chi connectivity index (χ2v) is 4.33. The summed E-state index contributed by atoms with van der Waals surface area (Å²) in [7, 11) is -3.36. The predicted molar refractivity (Wildman–Crippen MR) is 50.6 cm³/mol. The molecule has 13 heavy (non-hydrogen) atoms. The smallest absolute Gasteiger partial charge is 0.225 e. The van der Waals surface area contributed by atoms with Gasteiger partial charge >= 0.3 is 0 Å². The summed E-state index contributed by atoms with van der Waals surface area (Å²) in [4.78, 5) is 0. The fourth-order valence-electron chi connectivity index (χ4n) is 0.754. The van der Waals surface area contributed by atoms with Gasteiger partial charge < -0.3 is 5.32 Å². The lowest BCUT2D eigenvalue weighted by atomic mass is 10.4. The van der Waals surface area contributed by atoms with E-state index >= 15 is 0 Å². The van der Waals surface area contributed by atoms with Gasteiger partial charge in [0.1, 0.15) is 0 Å². The fraction of sp³-hybridized carbons (Fsp3) is 0.857. The molecule has 0 saturated carbocycles. The predicted octanol–water partition coefficient (Wildman–Crippen LogP) is -0.571. The van der Waals surface area contributed by atoms with E-state index in [9.17, 15) is 8.42 Å². The molecule has 0 heterocycles. The quantitative estimate of drug-likeness (QED) is 0.545. The first-order valence-corrected chi connectivity index (χ1v) is 5.82. The first-order chi connectivity index (χ1) is 6.12. The number of rotatable bonds is 7. The molecule has 0 amide bonds. The van der Waals surface area contributed by atoms with Crippen molar-refractivity contribution >= 4 is 10.0 Å². The Kier molecular flexibility index (Phi) is 6.49. The van der Waals surface area contributed by atoms with E-state index in [1.165, 1.54) is 0 Å². The molecule has 0 aromatic rings. The Morgan fingerprint density at radius 2 is 2.08 bits per heavy atom. The van der Waals surface area contributed by atoms with Crippen LogP contribution in [0.1, 0.15) is 13.3 Å². The van der Waals surface area contributed by atoms with Crippen molar-refractivity contribution in [3.63, 3.8) is 0 Å². The lowest BCUT2D eigenvalue weighted by Gasteiger charge is -2.03. The number of sulfonamides is 1. The third kappa shape index (κ3) is 7.71. The van der Waals surface area contributed by atoms with Gasteiger partial charge in [0.2, 0.25) is 10.0 Å². The Balaban J connectivity index is 3.48. The van der Waals surface area contributed by atoms with Gasteiger partial charge in [0, 0.05) is 6.54 Å². The summed E-state index contributed by atoms with van der Waals surface area (Å²) in [6, 6.07) is 1.59. The number of nitrogens with zero attached hydrogens (tertiary/aromatic N) is 1. The van der Waals surface area contributed by atoms with Crippen LogP contribution in [0.25, 0.3) is 0 Å². The maximum absolute atomic E-state index is 10.9. The first-order valence-electron chi connectivity index (χ1n) is 4.17. The summed E-state index contributed by atoms with van der Waals surface area (Å²) in [6.45, 7) is 4.04. The van der Waals surface area contributed by atoms with E-state index < -0.39 is 15.8 Å².